The van der Waals surface area contributed by atoms with Crippen molar-refractivity contribution in [2.75, 3.05) is 27.7 Å². The molecule has 1 atom stereocenters. The average molecular weight is 616 g/mol. The molecule has 1 unspecified atom stereocenters. The largest absolute Gasteiger partial charge is 0.496 e. The highest BCUT2D eigenvalue weighted by molar-refractivity contribution is 6.08. The smallest absolute Gasteiger partial charge is 0.306 e. The Balaban J connectivity index is 1.58. The second-order valence-electron chi connectivity index (χ2n) is 13.4. The summed E-state index contributed by atoms with van der Waals surface area (Å²) in [6.45, 7) is 7.08. The SMILES string of the molecule is COc1ccc(-c2cc(C(=O)NC(CCC(=O)OC3CCCCC3)C(=O)CCC(C)(C)CN(C)C)c3ccccc3n2)cc1C. The summed E-state index contributed by atoms with van der Waals surface area (Å²) in [6, 6.07) is 14.3. The molecule has 1 heterocycles. The molecule has 1 amide bonds. The number of ketones is 1. The number of amides is 1. The number of aryl methyl sites for hydroxylation is 1. The topological polar surface area (TPSA) is 97.8 Å². The van der Waals surface area contributed by atoms with Gasteiger partial charge in [0.05, 0.1) is 29.9 Å². The van der Waals surface area contributed by atoms with Crippen molar-refractivity contribution in [1.82, 2.24) is 15.2 Å². The van der Waals surface area contributed by atoms with Crippen molar-refractivity contribution in [2.45, 2.75) is 90.7 Å². The Morgan fingerprint density at radius 3 is 2.44 bits per heavy atom. The number of aromatic nitrogens is 1. The zero-order chi connectivity index (χ0) is 32.6. The number of hydrogen-bond acceptors (Lipinski definition) is 7. The molecule has 1 aliphatic carbocycles. The van der Waals surface area contributed by atoms with Gasteiger partial charge >= 0.3 is 5.97 Å². The van der Waals surface area contributed by atoms with Crippen LogP contribution in [0.4, 0.5) is 0 Å². The molecule has 1 fully saturated rings. The van der Waals surface area contributed by atoms with Crippen molar-refractivity contribution in [2.24, 2.45) is 5.41 Å². The van der Waals surface area contributed by atoms with Crippen molar-refractivity contribution in [3.05, 3.63) is 59.7 Å². The first-order valence-electron chi connectivity index (χ1n) is 16.2. The number of esters is 1. The number of ether oxygens (including phenoxy) is 2. The van der Waals surface area contributed by atoms with E-state index in [4.69, 9.17) is 14.5 Å². The molecule has 45 heavy (non-hydrogen) atoms. The lowest BCUT2D eigenvalue weighted by atomic mass is 9.85. The van der Waals surface area contributed by atoms with Gasteiger partial charge in [-0.2, -0.15) is 0 Å². The molecule has 1 saturated carbocycles. The highest BCUT2D eigenvalue weighted by Crippen LogP contribution is 2.29. The number of benzene rings is 2. The van der Waals surface area contributed by atoms with Crippen LogP contribution in [0, 0.1) is 12.3 Å². The Kier molecular flexibility index (Phi) is 11.7. The van der Waals surface area contributed by atoms with Crippen molar-refractivity contribution in [1.29, 1.82) is 0 Å². The fraction of sp³-hybridized carbons (Fsp3) is 0.514. The molecule has 3 aromatic rings. The molecule has 0 radical (unpaired) electrons. The number of fused-ring (bicyclic) bond motifs is 1. The van der Waals surface area contributed by atoms with Crippen LogP contribution < -0.4 is 10.1 Å². The summed E-state index contributed by atoms with van der Waals surface area (Å²) in [5.74, 6) is 0.0136. The first kappa shape index (κ1) is 34.1. The van der Waals surface area contributed by atoms with Gasteiger partial charge < -0.3 is 19.7 Å². The van der Waals surface area contributed by atoms with Gasteiger partial charge in [-0.3, -0.25) is 14.4 Å². The van der Waals surface area contributed by atoms with Crippen LogP contribution in [-0.4, -0.2) is 67.4 Å². The molecule has 0 bridgehead atoms. The molecular formula is C37H49N3O5. The Morgan fingerprint density at radius 2 is 1.76 bits per heavy atom. The average Bonchev–Trinajstić information content (AvgIpc) is 3.01. The van der Waals surface area contributed by atoms with E-state index in [0.717, 1.165) is 49.1 Å². The molecule has 0 aliphatic heterocycles. The standard InChI is InChI=1S/C37H49N3O5/c1-25-22-26(16-18-34(25)44-6)32-23-29(28-14-10-11-15-30(28)38-32)36(43)39-31(33(41)20-21-37(2,3)24-40(4)5)17-19-35(42)45-27-12-8-7-9-13-27/h10-11,14-16,18,22-23,27,31H,7-9,12-13,17,19-21,24H2,1-6H3,(H,39,43). The molecule has 242 valence electrons. The molecule has 2 aromatic carbocycles. The molecule has 8 heteroatoms. The van der Waals surface area contributed by atoms with Crippen LogP contribution in [0.25, 0.3) is 22.2 Å². The second-order valence-corrected chi connectivity index (χ2v) is 13.4. The first-order valence-corrected chi connectivity index (χ1v) is 16.2. The van der Waals surface area contributed by atoms with Gasteiger partial charge in [0, 0.05) is 30.3 Å². The third kappa shape index (κ3) is 9.60. The monoisotopic (exact) mass is 615 g/mol. The van der Waals surface area contributed by atoms with E-state index in [0.29, 0.717) is 35.0 Å². The molecule has 1 N–H and O–H groups in total. The van der Waals surface area contributed by atoms with Crippen LogP contribution in [0.3, 0.4) is 0 Å². The van der Waals surface area contributed by atoms with E-state index in [9.17, 15) is 14.4 Å². The van der Waals surface area contributed by atoms with Gasteiger partial charge in [0.25, 0.3) is 5.91 Å². The van der Waals surface area contributed by atoms with Crippen LogP contribution >= 0.6 is 0 Å². The van der Waals surface area contributed by atoms with Gasteiger partial charge in [-0.05, 0) is 101 Å². The maximum atomic E-state index is 14.0. The van der Waals surface area contributed by atoms with Gasteiger partial charge in [0.1, 0.15) is 11.9 Å². The second kappa shape index (κ2) is 15.5. The van der Waals surface area contributed by atoms with Gasteiger partial charge in [-0.25, -0.2) is 4.98 Å². The number of carbonyl (C=O) groups is 3. The summed E-state index contributed by atoms with van der Waals surface area (Å²) in [5, 5.41) is 3.71. The summed E-state index contributed by atoms with van der Waals surface area (Å²) < 4.78 is 11.2. The number of rotatable bonds is 14. The zero-order valence-corrected chi connectivity index (χ0v) is 27.8. The Bertz CT molecular complexity index is 1490. The van der Waals surface area contributed by atoms with E-state index in [1.165, 1.54) is 6.42 Å². The number of Topliss-reactive ketones (excluding diaryl/α,β-unsaturated/α-hetero) is 1. The maximum Gasteiger partial charge on any atom is 0.306 e. The fourth-order valence-corrected chi connectivity index (χ4v) is 6.36. The van der Waals surface area contributed by atoms with E-state index >= 15 is 0 Å². The van der Waals surface area contributed by atoms with Crippen LogP contribution in [0.2, 0.25) is 0 Å². The lowest BCUT2D eigenvalue weighted by Crippen LogP contribution is -2.42. The summed E-state index contributed by atoms with van der Waals surface area (Å²) in [5.41, 5.74) is 3.49. The number of pyridine rings is 1. The summed E-state index contributed by atoms with van der Waals surface area (Å²) in [7, 11) is 5.67. The van der Waals surface area contributed by atoms with E-state index < -0.39 is 6.04 Å². The maximum absolute atomic E-state index is 14.0. The number of nitrogens with one attached hydrogen (secondary N) is 1. The van der Waals surface area contributed by atoms with Gasteiger partial charge in [0.15, 0.2) is 5.78 Å². The van der Waals surface area contributed by atoms with Crippen LogP contribution in [0.1, 0.15) is 87.6 Å². The molecular weight excluding hydrogens is 566 g/mol. The first-order chi connectivity index (χ1) is 21.5. The van der Waals surface area contributed by atoms with E-state index in [2.05, 4.69) is 24.1 Å². The Labute approximate surface area is 267 Å². The lowest BCUT2D eigenvalue weighted by molar-refractivity contribution is -0.150. The molecule has 4 rings (SSSR count). The fourth-order valence-electron chi connectivity index (χ4n) is 6.36. The number of carbonyl (C=O) groups excluding carboxylic acids is 3. The van der Waals surface area contributed by atoms with Crippen molar-refractivity contribution >= 4 is 28.6 Å². The van der Waals surface area contributed by atoms with Gasteiger partial charge in [0.2, 0.25) is 0 Å². The number of para-hydroxylation sites is 1. The molecule has 0 saturated heterocycles. The third-order valence-corrected chi connectivity index (χ3v) is 8.63. The minimum absolute atomic E-state index is 0.0509. The zero-order valence-electron chi connectivity index (χ0n) is 27.8. The molecule has 1 aromatic heterocycles. The highest BCUT2D eigenvalue weighted by atomic mass is 16.5. The van der Waals surface area contributed by atoms with Crippen molar-refractivity contribution in [3.8, 4) is 17.0 Å². The number of nitrogens with zero attached hydrogens (tertiary/aromatic N) is 2. The van der Waals surface area contributed by atoms with E-state index in [1.54, 1.807) is 13.2 Å². The molecule has 1 aliphatic rings. The Morgan fingerprint density at radius 1 is 1.02 bits per heavy atom. The van der Waals surface area contributed by atoms with Gasteiger partial charge in [-0.15, -0.1) is 0 Å². The van der Waals surface area contributed by atoms with E-state index in [-0.39, 0.29) is 42.0 Å². The predicted molar refractivity (Wildman–Crippen MR) is 178 cm³/mol. The normalized spacial score (nSPS) is 14.7. The summed E-state index contributed by atoms with van der Waals surface area (Å²) in [6.07, 6.45) is 6.26. The van der Waals surface area contributed by atoms with Crippen molar-refractivity contribution < 1.29 is 23.9 Å². The van der Waals surface area contributed by atoms with Crippen LogP contribution in [0.15, 0.2) is 48.5 Å². The summed E-state index contributed by atoms with van der Waals surface area (Å²) >= 11 is 0. The summed E-state index contributed by atoms with van der Waals surface area (Å²) in [4.78, 5) is 47.5. The third-order valence-electron chi connectivity index (χ3n) is 8.63. The highest BCUT2D eigenvalue weighted by Gasteiger charge is 2.28. The van der Waals surface area contributed by atoms with Crippen LogP contribution in [0.5, 0.6) is 5.75 Å². The van der Waals surface area contributed by atoms with Crippen molar-refractivity contribution in [3.63, 3.8) is 0 Å². The van der Waals surface area contributed by atoms with Crippen LogP contribution in [-0.2, 0) is 14.3 Å². The minimum Gasteiger partial charge on any atom is -0.496 e. The minimum atomic E-state index is -0.815. The van der Waals surface area contributed by atoms with Gasteiger partial charge in [-0.1, -0.05) is 38.5 Å². The van der Waals surface area contributed by atoms with E-state index in [1.807, 2.05) is 63.5 Å². The number of hydrogen-bond donors (Lipinski definition) is 1. The predicted octanol–water partition coefficient (Wildman–Crippen LogP) is 6.91. The Hall–Kier alpha value is -3.78. The number of methoxy groups -OCH3 is 1. The molecule has 8 nitrogen and oxygen atoms in total. The molecule has 0 spiro atoms. The lowest BCUT2D eigenvalue weighted by Gasteiger charge is -2.29. The quantitative estimate of drug-likeness (QED) is 0.197.